The van der Waals surface area contributed by atoms with Gasteiger partial charge in [0.2, 0.25) is 29.5 Å². The number of anilines is 1. The van der Waals surface area contributed by atoms with Gasteiger partial charge in [-0.05, 0) is 54.8 Å². The first-order chi connectivity index (χ1) is 50.4. The van der Waals surface area contributed by atoms with E-state index < -0.39 is 250 Å². The molecule has 30 N–H and O–H groups in total. The lowest BCUT2D eigenvalue weighted by Gasteiger charge is -2.47. The molecule has 0 aromatic carbocycles. The molecule has 4 aromatic heterocycles. The molecule has 3 fully saturated rings. The third kappa shape index (κ3) is 22.4. The number of nitrogens with one attached hydrogen (secondary N) is 7. The van der Waals surface area contributed by atoms with E-state index in [2.05, 4.69) is 61.8 Å². The normalized spacial score (nSPS) is 27.4. The van der Waals surface area contributed by atoms with Crippen LogP contribution in [-0.2, 0) is 57.1 Å². The van der Waals surface area contributed by atoms with Gasteiger partial charge in [-0.25, -0.2) is 29.7 Å². The van der Waals surface area contributed by atoms with E-state index in [4.69, 9.17) is 67.6 Å². The Hall–Kier alpha value is -7.93. The van der Waals surface area contributed by atoms with Crippen LogP contribution in [0.2, 0.25) is 0 Å². The van der Waals surface area contributed by atoms with Crippen LogP contribution in [0.4, 0.5) is 10.6 Å². The number of hydrogen-bond donors (Lipinski definition) is 24. The van der Waals surface area contributed by atoms with E-state index in [0.717, 1.165) is 55.6 Å². The fourth-order valence-electron chi connectivity index (χ4n) is 11.0. The lowest BCUT2D eigenvalue weighted by atomic mass is 9.97. The molecule has 45 nitrogen and oxygen atoms in total. The number of aliphatic hydroxyl groups is 11. The Morgan fingerprint density at radius 1 is 0.748 bits per heavy atom. The molecule has 7 rings (SSSR count). The van der Waals surface area contributed by atoms with Crippen molar-refractivity contribution in [1.82, 2.24) is 66.7 Å². The molecule has 107 heavy (non-hydrogen) atoms. The summed E-state index contributed by atoms with van der Waals surface area (Å²) in [6.45, 7) is 3.57. The number of aromatic nitrogens is 6. The van der Waals surface area contributed by atoms with Crippen molar-refractivity contribution in [2.24, 2.45) is 28.7 Å². The number of H-pyrrole nitrogens is 1. The summed E-state index contributed by atoms with van der Waals surface area (Å²) in [6.07, 6.45) is -37.0. The molecule has 3 saturated heterocycles. The molecule has 8 amide bonds. The largest absolute Gasteiger partial charge is 0.441 e. The fourth-order valence-corrected chi connectivity index (χ4v) is 12.7. The van der Waals surface area contributed by atoms with Crippen LogP contribution >= 0.6 is 22.7 Å². The van der Waals surface area contributed by atoms with Crippen molar-refractivity contribution in [2.75, 3.05) is 52.7 Å². The Balaban J connectivity index is 1.18. The fraction of sp³-hybridized carbons (Fsp3) is 0.650. The third-order valence-electron chi connectivity index (χ3n) is 17.2. The number of rotatable bonds is 37. The van der Waals surface area contributed by atoms with Crippen molar-refractivity contribution < 1.29 is 128 Å². The summed E-state index contributed by atoms with van der Waals surface area (Å²) in [7, 11) is 3.78. The Kier molecular flexibility index (Phi) is 31.4. The highest BCUT2D eigenvalue weighted by molar-refractivity contribution is 7.14. The quantitative estimate of drug-likeness (QED) is 0.0147. The second-order valence-corrected chi connectivity index (χ2v) is 27.4. The highest BCUT2D eigenvalue weighted by Gasteiger charge is 2.54. The molecule has 4 aromatic rings. The van der Waals surface area contributed by atoms with E-state index in [1.807, 2.05) is 19.0 Å². The summed E-state index contributed by atoms with van der Waals surface area (Å²) in [5.74, 6) is -8.27. The van der Waals surface area contributed by atoms with Gasteiger partial charge in [0.15, 0.2) is 37.3 Å². The number of carbonyl (C=O) groups excluding carboxylic acids is 8. The number of amides is 8. The Morgan fingerprint density at radius 2 is 1.42 bits per heavy atom. The molecule has 7 heterocycles. The number of aromatic amines is 1. The second kappa shape index (κ2) is 38.9. The number of carbonyl (C=O) groups is 8. The Bertz CT molecular complexity index is 3650. The molecule has 25 unspecified atom stereocenters. The highest BCUT2D eigenvalue weighted by Crippen LogP contribution is 2.36. The molecule has 0 radical (unpaired) electrons. The summed E-state index contributed by atoms with van der Waals surface area (Å²) in [6, 6.07) is -9.65. The van der Waals surface area contributed by atoms with Gasteiger partial charge in [0, 0.05) is 35.8 Å². The third-order valence-corrected chi connectivity index (χ3v) is 19.0. The van der Waals surface area contributed by atoms with Crippen LogP contribution in [0.15, 0.2) is 23.3 Å². The van der Waals surface area contributed by atoms with Crippen LogP contribution in [0.1, 0.15) is 101 Å². The van der Waals surface area contributed by atoms with Crippen molar-refractivity contribution in [3.05, 3.63) is 56.8 Å². The molecule has 0 bridgehead atoms. The number of nitrogen functional groups attached to an aromatic ring is 1. The van der Waals surface area contributed by atoms with Gasteiger partial charge in [0.1, 0.15) is 112 Å². The lowest BCUT2D eigenvalue weighted by molar-refractivity contribution is -0.372. The van der Waals surface area contributed by atoms with Gasteiger partial charge < -0.3 is 166 Å². The van der Waals surface area contributed by atoms with Gasteiger partial charge in [-0.2, -0.15) is 0 Å². The molecular weight excluding hydrogens is 1470 g/mol. The van der Waals surface area contributed by atoms with Crippen LogP contribution in [0, 0.1) is 6.92 Å². The summed E-state index contributed by atoms with van der Waals surface area (Å²) in [4.78, 5) is 134. The van der Waals surface area contributed by atoms with Crippen LogP contribution in [-0.4, -0.2) is 320 Å². The molecular formula is C60H93N19O26S2. The number of primary amides is 3. The Morgan fingerprint density at radius 3 is 2.05 bits per heavy atom. The van der Waals surface area contributed by atoms with Gasteiger partial charge in [-0.15, -0.1) is 22.7 Å². The number of imidazole rings is 1. The van der Waals surface area contributed by atoms with Crippen molar-refractivity contribution in [3.8, 4) is 10.7 Å². The minimum absolute atomic E-state index is 0.0858. The molecule has 596 valence electrons. The maximum Gasteiger partial charge on any atom is 0.404 e. The second-order valence-electron chi connectivity index (χ2n) is 25.7. The molecule has 3 aliphatic rings. The SMILES string of the molecule is Cc1c(N)nc(C(CC(N)=O)NCC(N)C(N)=O)nc1C(=O)NC(C(=O)NC(C)C(O)CC(=O)NC(C(=O)NC(OC1OC(C)C(N)C(O)C1O)C(O)c1nc(-c2nc(C(=O)NCCCN(C)C)cs2)cs1)C(C)O)C(OC1OC(CO)C(O)C(O)C1OC1OC(CO)C(O)C(OC(N)=O)C1O)c1cnc[nH]1. The topological polar surface area (TPSA) is 735 Å². The smallest absolute Gasteiger partial charge is 0.404 e. The van der Waals surface area contributed by atoms with E-state index in [1.165, 1.54) is 24.6 Å². The van der Waals surface area contributed by atoms with E-state index in [0.29, 0.717) is 13.0 Å². The average Bonchev–Trinajstić information content (AvgIpc) is 1.31. The first kappa shape index (κ1) is 86.3. The number of ether oxygens (including phenoxy) is 7. The van der Waals surface area contributed by atoms with Gasteiger partial charge in [-0.3, -0.25) is 33.6 Å². The Labute approximate surface area is 616 Å². The summed E-state index contributed by atoms with van der Waals surface area (Å²) < 4.78 is 40.4. The van der Waals surface area contributed by atoms with Crippen molar-refractivity contribution in [1.29, 1.82) is 0 Å². The molecule has 0 aliphatic carbocycles. The average molecular weight is 1560 g/mol. The van der Waals surface area contributed by atoms with Crippen LogP contribution < -0.4 is 66.3 Å². The number of nitrogens with zero attached hydrogens (tertiary/aromatic N) is 6. The van der Waals surface area contributed by atoms with E-state index in [-0.39, 0.29) is 32.7 Å². The van der Waals surface area contributed by atoms with E-state index >= 15 is 4.79 Å². The van der Waals surface area contributed by atoms with Gasteiger partial charge in [0.25, 0.3) is 11.8 Å². The lowest BCUT2D eigenvalue weighted by Crippen LogP contribution is -2.65. The van der Waals surface area contributed by atoms with Crippen molar-refractivity contribution >= 4 is 75.9 Å². The molecule has 0 saturated carbocycles. The predicted octanol–water partition coefficient (Wildman–Crippen LogP) is -10.6. The van der Waals surface area contributed by atoms with Crippen LogP contribution in [0.25, 0.3) is 10.7 Å². The number of thiazole rings is 2. The predicted molar refractivity (Wildman–Crippen MR) is 364 cm³/mol. The van der Waals surface area contributed by atoms with Crippen molar-refractivity contribution in [2.45, 2.75) is 200 Å². The summed E-state index contributed by atoms with van der Waals surface area (Å²) in [5.41, 5.74) is 33.5. The highest BCUT2D eigenvalue weighted by atomic mass is 32.1. The first-order valence-electron chi connectivity index (χ1n) is 33.2. The zero-order valence-corrected chi connectivity index (χ0v) is 60.0. The summed E-state index contributed by atoms with van der Waals surface area (Å²) >= 11 is 1.91. The monoisotopic (exact) mass is 1560 g/mol. The standard InChI is InChI=1S/C60H93N19O26S2/c1-19-34(75-49(77-47(19)64)24(10-31(62)84)69-12-23(61)48(65)93)51(95)76-36(44(25-13-67-18-70-25)102-59-46(40(89)37(86)29(14-80)101-59)103-58-42(91)45(104-60(66)98)38(87)30(15-81)100-58)53(97)71-20(2)28(83)11-32(85)74-35(21(3)82)52(96)78-54(105-57-41(90)39(88)33(63)22(4)99-57)43(92)56-73-27(17-107-56)55-72-26(16-106-55)50(94)68-8-7-9-79(5)6/h13,16-18,20-24,28-30,33,35-46,54,57-59,69,80-83,86-92H,7-12,14-15,61,63H2,1-6H3,(H2,62,84)(H2,65,93)(H2,66,98)(H,67,70)(H,68,94)(H,71,97)(H,74,85)(H,76,95)(H,78,96)(H2,64,75,77). The number of aliphatic hydroxyl groups excluding tert-OH is 11. The zero-order chi connectivity index (χ0) is 79.2. The zero-order valence-electron chi connectivity index (χ0n) is 58.4. The molecule has 0 spiro atoms. The minimum Gasteiger partial charge on any atom is -0.441 e. The maximum atomic E-state index is 15.3. The molecule has 25 atom stereocenters. The van der Waals surface area contributed by atoms with E-state index in [9.17, 15) is 89.7 Å². The van der Waals surface area contributed by atoms with Crippen LogP contribution in [0.5, 0.6) is 0 Å². The van der Waals surface area contributed by atoms with Gasteiger partial charge >= 0.3 is 6.09 Å². The van der Waals surface area contributed by atoms with Crippen LogP contribution in [0.3, 0.4) is 0 Å². The van der Waals surface area contributed by atoms with E-state index in [1.54, 1.807) is 0 Å². The maximum absolute atomic E-state index is 15.3. The molecule has 47 heteroatoms. The summed E-state index contributed by atoms with van der Waals surface area (Å²) in [5, 5.41) is 140. The number of nitrogens with two attached hydrogens (primary N) is 6. The molecule has 3 aliphatic heterocycles. The van der Waals surface area contributed by atoms with Gasteiger partial charge in [-0.1, -0.05) is 0 Å². The minimum atomic E-state index is -2.26. The number of hydrogen-bond acceptors (Lipinski definition) is 38. The van der Waals surface area contributed by atoms with Crippen molar-refractivity contribution in [3.63, 3.8) is 0 Å². The van der Waals surface area contributed by atoms with Gasteiger partial charge in [0.05, 0.1) is 80.3 Å². The first-order valence-corrected chi connectivity index (χ1v) is 34.9.